The molecule has 4 heteroatoms. The van der Waals surface area contributed by atoms with E-state index in [1.54, 1.807) is 11.8 Å². The fraction of sp³-hybridized carbons (Fsp3) is 0.105. The summed E-state index contributed by atoms with van der Waals surface area (Å²) in [6.07, 6.45) is 0. The number of rotatable bonds is 2. The molecule has 0 aliphatic carbocycles. The Balaban J connectivity index is 1.84. The molecular formula is C19H14ClNOS. The van der Waals surface area contributed by atoms with Crippen molar-refractivity contribution in [1.29, 1.82) is 0 Å². The van der Waals surface area contributed by atoms with Crippen LogP contribution in [0.2, 0.25) is 5.02 Å². The molecule has 1 saturated heterocycles. The molecule has 3 aromatic carbocycles. The third-order valence-corrected chi connectivity index (χ3v) is 5.51. The van der Waals surface area contributed by atoms with E-state index in [4.69, 9.17) is 11.6 Å². The van der Waals surface area contributed by atoms with E-state index >= 15 is 0 Å². The van der Waals surface area contributed by atoms with E-state index in [2.05, 4.69) is 18.2 Å². The molecule has 1 aliphatic rings. The molecule has 1 atom stereocenters. The first-order valence-electron chi connectivity index (χ1n) is 7.41. The third-order valence-electron chi connectivity index (χ3n) is 4.05. The quantitative estimate of drug-likeness (QED) is 0.633. The van der Waals surface area contributed by atoms with Crippen molar-refractivity contribution in [2.75, 3.05) is 10.7 Å². The molecule has 4 rings (SSSR count). The molecular weight excluding hydrogens is 326 g/mol. The maximum Gasteiger partial charge on any atom is 0.238 e. The molecule has 3 aromatic rings. The van der Waals surface area contributed by atoms with Crippen LogP contribution < -0.4 is 4.90 Å². The van der Waals surface area contributed by atoms with Crippen LogP contribution in [-0.4, -0.2) is 11.7 Å². The van der Waals surface area contributed by atoms with Crippen molar-refractivity contribution in [3.8, 4) is 0 Å². The summed E-state index contributed by atoms with van der Waals surface area (Å²) >= 11 is 7.65. The zero-order valence-electron chi connectivity index (χ0n) is 12.3. The number of carbonyl (C=O) groups excluding carboxylic acids is 1. The van der Waals surface area contributed by atoms with E-state index in [1.807, 2.05) is 53.4 Å². The van der Waals surface area contributed by atoms with Gasteiger partial charge in [0.15, 0.2) is 0 Å². The number of benzene rings is 3. The average molecular weight is 340 g/mol. The maximum atomic E-state index is 12.5. The van der Waals surface area contributed by atoms with Gasteiger partial charge in [-0.15, -0.1) is 11.8 Å². The van der Waals surface area contributed by atoms with Crippen LogP contribution in [0.1, 0.15) is 10.9 Å². The highest BCUT2D eigenvalue weighted by Crippen LogP contribution is 2.43. The fourth-order valence-electron chi connectivity index (χ4n) is 2.98. The first-order valence-corrected chi connectivity index (χ1v) is 8.83. The molecule has 0 spiro atoms. The Morgan fingerprint density at radius 3 is 2.52 bits per heavy atom. The topological polar surface area (TPSA) is 20.3 Å². The molecule has 1 amide bonds. The Labute approximate surface area is 144 Å². The summed E-state index contributed by atoms with van der Waals surface area (Å²) in [7, 11) is 0. The average Bonchev–Trinajstić information content (AvgIpc) is 2.96. The molecule has 1 fully saturated rings. The number of fused-ring (bicyclic) bond motifs is 1. The van der Waals surface area contributed by atoms with Gasteiger partial charge in [-0.05, 0) is 29.1 Å². The van der Waals surface area contributed by atoms with Gasteiger partial charge < -0.3 is 0 Å². The summed E-state index contributed by atoms with van der Waals surface area (Å²) in [5.74, 6) is 0.641. The largest absolute Gasteiger partial charge is 0.294 e. The van der Waals surface area contributed by atoms with E-state index in [1.165, 1.54) is 0 Å². The van der Waals surface area contributed by atoms with Gasteiger partial charge in [0.25, 0.3) is 0 Å². The smallest absolute Gasteiger partial charge is 0.238 e. The molecule has 1 heterocycles. The minimum absolute atomic E-state index is 0.00873. The van der Waals surface area contributed by atoms with Crippen LogP contribution in [-0.2, 0) is 4.79 Å². The van der Waals surface area contributed by atoms with Crippen LogP contribution >= 0.6 is 23.4 Å². The molecule has 0 N–H and O–H groups in total. The van der Waals surface area contributed by atoms with Crippen LogP contribution in [0.4, 0.5) is 5.69 Å². The van der Waals surface area contributed by atoms with Gasteiger partial charge in [0.05, 0.1) is 11.4 Å². The predicted molar refractivity (Wildman–Crippen MR) is 98.1 cm³/mol. The lowest BCUT2D eigenvalue weighted by molar-refractivity contribution is -0.115. The van der Waals surface area contributed by atoms with Crippen molar-refractivity contribution in [2.45, 2.75) is 5.37 Å². The van der Waals surface area contributed by atoms with Gasteiger partial charge in [0, 0.05) is 10.4 Å². The highest BCUT2D eigenvalue weighted by Gasteiger charge is 2.34. The molecule has 23 heavy (non-hydrogen) atoms. The summed E-state index contributed by atoms with van der Waals surface area (Å²) in [6.45, 7) is 0. The second-order valence-corrected chi connectivity index (χ2v) is 6.98. The predicted octanol–water partition coefficient (Wildman–Crippen LogP) is 5.27. The maximum absolute atomic E-state index is 12.5. The monoisotopic (exact) mass is 339 g/mol. The van der Waals surface area contributed by atoms with Crippen LogP contribution in [0.15, 0.2) is 66.7 Å². The zero-order valence-corrected chi connectivity index (χ0v) is 13.8. The van der Waals surface area contributed by atoms with E-state index in [9.17, 15) is 4.79 Å². The van der Waals surface area contributed by atoms with Gasteiger partial charge in [-0.2, -0.15) is 0 Å². The summed E-state index contributed by atoms with van der Waals surface area (Å²) in [5.41, 5.74) is 2.07. The van der Waals surface area contributed by atoms with Crippen molar-refractivity contribution in [3.05, 3.63) is 77.3 Å². The fourth-order valence-corrected chi connectivity index (χ4v) is 4.27. The number of thioether (sulfide) groups is 1. The highest BCUT2D eigenvalue weighted by atomic mass is 35.5. The van der Waals surface area contributed by atoms with E-state index < -0.39 is 0 Å². The van der Waals surface area contributed by atoms with Crippen molar-refractivity contribution in [3.63, 3.8) is 0 Å². The Morgan fingerprint density at radius 1 is 0.957 bits per heavy atom. The van der Waals surface area contributed by atoms with Gasteiger partial charge in [-0.3, -0.25) is 9.69 Å². The lowest BCUT2D eigenvalue weighted by Gasteiger charge is -2.25. The van der Waals surface area contributed by atoms with Crippen molar-refractivity contribution < 1.29 is 4.79 Å². The molecule has 1 unspecified atom stereocenters. The number of halogens is 1. The lowest BCUT2D eigenvalue weighted by atomic mass is 10.1. The van der Waals surface area contributed by atoms with Crippen LogP contribution in [0.3, 0.4) is 0 Å². The van der Waals surface area contributed by atoms with Gasteiger partial charge in [-0.25, -0.2) is 0 Å². The zero-order chi connectivity index (χ0) is 15.8. The normalized spacial score (nSPS) is 17.9. The number of hydrogen-bond donors (Lipinski definition) is 0. The third kappa shape index (κ3) is 2.60. The highest BCUT2D eigenvalue weighted by molar-refractivity contribution is 8.00. The van der Waals surface area contributed by atoms with Crippen LogP contribution in [0, 0.1) is 0 Å². The number of hydrogen-bond acceptors (Lipinski definition) is 2. The Bertz CT molecular complexity index is 873. The van der Waals surface area contributed by atoms with Gasteiger partial charge in [0.2, 0.25) is 5.91 Å². The second-order valence-electron chi connectivity index (χ2n) is 5.48. The molecule has 0 bridgehead atoms. The Hall–Kier alpha value is -1.97. The Kier molecular flexibility index (Phi) is 3.76. The second kappa shape index (κ2) is 5.91. The van der Waals surface area contributed by atoms with E-state index in [0.717, 1.165) is 22.0 Å². The molecule has 0 saturated carbocycles. The first kappa shape index (κ1) is 14.6. The molecule has 2 nitrogen and oxygen atoms in total. The standard InChI is InChI=1S/C19H14ClNOS/c20-15-10-8-14(9-11-15)19-21(18(22)12-23-19)17-7-3-5-13-4-1-2-6-16(13)17/h1-11,19H,12H2. The Morgan fingerprint density at radius 2 is 1.70 bits per heavy atom. The number of nitrogens with zero attached hydrogens (tertiary/aromatic N) is 1. The minimum Gasteiger partial charge on any atom is -0.294 e. The summed E-state index contributed by atoms with van der Waals surface area (Å²) in [5, 5.41) is 2.94. The van der Waals surface area contributed by atoms with Crippen LogP contribution in [0.5, 0.6) is 0 Å². The van der Waals surface area contributed by atoms with Crippen molar-refractivity contribution in [2.24, 2.45) is 0 Å². The van der Waals surface area contributed by atoms with Gasteiger partial charge in [-0.1, -0.05) is 60.1 Å². The van der Waals surface area contributed by atoms with Gasteiger partial charge >= 0.3 is 0 Å². The summed E-state index contributed by atoms with van der Waals surface area (Å²) < 4.78 is 0. The molecule has 0 aromatic heterocycles. The van der Waals surface area contributed by atoms with Gasteiger partial charge in [0.1, 0.15) is 5.37 Å². The number of carbonyl (C=O) groups is 1. The number of anilines is 1. The van der Waals surface area contributed by atoms with E-state index in [-0.39, 0.29) is 11.3 Å². The molecule has 1 aliphatic heterocycles. The lowest BCUT2D eigenvalue weighted by Crippen LogP contribution is -2.27. The molecule has 114 valence electrons. The number of amides is 1. The SMILES string of the molecule is O=C1CSC(c2ccc(Cl)cc2)N1c1cccc2ccccc12. The van der Waals surface area contributed by atoms with Crippen LogP contribution in [0.25, 0.3) is 10.8 Å². The first-order chi connectivity index (χ1) is 11.2. The van der Waals surface area contributed by atoms with Crippen molar-refractivity contribution in [1.82, 2.24) is 0 Å². The minimum atomic E-state index is -0.00873. The van der Waals surface area contributed by atoms with Crippen molar-refractivity contribution >= 4 is 45.7 Å². The summed E-state index contributed by atoms with van der Waals surface area (Å²) in [6, 6.07) is 22.0. The summed E-state index contributed by atoms with van der Waals surface area (Å²) in [4.78, 5) is 14.5. The van der Waals surface area contributed by atoms with E-state index in [0.29, 0.717) is 10.8 Å². The molecule has 0 radical (unpaired) electrons.